The highest BCUT2D eigenvalue weighted by Crippen LogP contribution is 2.38. The van der Waals surface area contributed by atoms with Crippen LogP contribution in [0, 0.1) is 11.8 Å². The van der Waals surface area contributed by atoms with Gasteiger partial charge in [-0.15, -0.1) is 0 Å². The Morgan fingerprint density at radius 2 is 2.21 bits per heavy atom. The summed E-state index contributed by atoms with van der Waals surface area (Å²) in [6.45, 7) is 4.28. The lowest BCUT2D eigenvalue weighted by Gasteiger charge is -2.42. The van der Waals surface area contributed by atoms with Crippen LogP contribution >= 0.6 is 0 Å². The van der Waals surface area contributed by atoms with Crippen LogP contribution in [0.4, 0.5) is 0 Å². The molecule has 0 heterocycles. The van der Waals surface area contributed by atoms with Crippen LogP contribution < -0.4 is 5.73 Å². The van der Waals surface area contributed by atoms with Gasteiger partial charge in [-0.1, -0.05) is 26.7 Å². The Hall–Kier alpha value is -0.570. The second-order valence-corrected chi connectivity index (χ2v) is 4.90. The van der Waals surface area contributed by atoms with E-state index in [2.05, 4.69) is 13.8 Å². The van der Waals surface area contributed by atoms with Gasteiger partial charge < -0.3 is 10.8 Å². The first-order chi connectivity index (χ1) is 6.46. The summed E-state index contributed by atoms with van der Waals surface area (Å²) in [5.74, 6) is 0.0899. The van der Waals surface area contributed by atoms with Crippen LogP contribution in [0.3, 0.4) is 0 Å². The van der Waals surface area contributed by atoms with Crippen molar-refractivity contribution in [3.8, 4) is 0 Å². The van der Waals surface area contributed by atoms with Gasteiger partial charge in [-0.05, 0) is 24.7 Å². The minimum Gasteiger partial charge on any atom is -0.481 e. The van der Waals surface area contributed by atoms with Crippen LogP contribution in [0.25, 0.3) is 0 Å². The number of rotatable bonds is 3. The molecule has 1 rings (SSSR count). The maximum Gasteiger partial charge on any atom is 0.305 e. The van der Waals surface area contributed by atoms with Crippen molar-refractivity contribution in [2.45, 2.75) is 51.5 Å². The van der Waals surface area contributed by atoms with Gasteiger partial charge in [-0.3, -0.25) is 4.79 Å². The minimum atomic E-state index is -0.764. The molecule has 0 bridgehead atoms. The van der Waals surface area contributed by atoms with Crippen LogP contribution in [0.15, 0.2) is 0 Å². The van der Waals surface area contributed by atoms with E-state index in [1.54, 1.807) is 0 Å². The largest absolute Gasteiger partial charge is 0.481 e. The van der Waals surface area contributed by atoms with E-state index in [0.29, 0.717) is 11.8 Å². The molecule has 0 aromatic rings. The molecule has 0 aliphatic heterocycles. The molecule has 1 aliphatic rings. The molecule has 1 saturated carbocycles. The lowest BCUT2D eigenvalue weighted by molar-refractivity contribution is -0.139. The monoisotopic (exact) mass is 199 g/mol. The summed E-state index contributed by atoms with van der Waals surface area (Å²) in [5.41, 5.74) is 5.76. The molecule has 1 fully saturated rings. The first-order valence-electron chi connectivity index (χ1n) is 5.46. The van der Waals surface area contributed by atoms with E-state index in [9.17, 15) is 4.79 Å². The van der Waals surface area contributed by atoms with Gasteiger partial charge in [0.2, 0.25) is 0 Å². The van der Waals surface area contributed by atoms with Gasteiger partial charge in [0.1, 0.15) is 0 Å². The lowest BCUT2D eigenvalue weighted by atomic mass is 9.67. The summed E-state index contributed by atoms with van der Waals surface area (Å²) in [7, 11) is 0. The lowest BCUT2D eigenvalue weighted by Crippen LogP contribution is -2.52. The first-order valence-corrected chi connectivity index (χ1v) is 5.46. The van der Waals surface area contributed by atoms with Crippen LogP contribution in [0.1, 0.15) is 46.0 Å². The summed E-state index contributed by atoms with van der Waals surface area (Å²) >= 11 is 0. The molecule has 2 atom stereocenters. The second-order valence-electron chi connectivity index (χ2n) is 4.90. The summed E-state index contributed by atoms with van der Waals surface area (Å²) in [4.78, 5) is 10.8. The van der Waals surface area contributed by atoms with Gasteiger partial charge in [-0.2, -0.15) is 0 Å². The number of hydrogen-bond acceptors (Lipinski definition) is 2. The molecule has 0 aromatic heterocycles. The number of hydrogen-bond donors (Lipinski definition) is 2. The normalized spacial score (nSPS) is 33.3. The molecule has 0 aromatic carbocycles. The predicted molar refractivity (Wildman–Crippen MR) is 56.0 cm³/mol. The number of carboxylic acid groups (broad SMARTS) is 1. The van der Waals surface area contributed by atoms with Gasteiger partial charge in [0.05, 0.1) is 6.42 Å². The zero-order valence-electron chi connectivity index (χ0n) is 9.12. The zero-order chi connectivity index (χ0) is 10.8. The molecule has 3 N–H and O–H groups in total. The Balaban J connectivity index is 2.73. The average molecular weight is 199 g/mol. The van der Waals surface area contributed by atoms with Crippen molar-refractivity contribution in [2.75, 3.05) is 0 Å². The Labute approximate surface area is 85.7 Å². The molecular weight excluding hydrogens is 178 g/mol. The molecule has 1 aliphatic carbocycles. The molecule has 3 nitrogen and oxygen atoms in total. The van der Waals surface area contributed by atoms with Gasteiger partial charge in [0.15, 0.2) is 0 Å². The van der Waals surface area contributed by atoms with E-state index in [4.69, 9.17) is 10.8 Å². The molecule has 0 spiro atoms. The third-order valence-corrected chi connectivity index (χ3v) is 3.43. The number of carboxylic acids is 1. The molecule has 14 heavy (non-hydrogen) atoms. The molecular formula is C11H21NO2. The highest BCUT2D eigenvalue weighted by Gasteiger charge is 2.40. The standard InChI is InChI=1S/C11H21NO2/c1-8(2)9-5-3-4-6-11(9,12)7-10(13)14/h8-9H,3-7,12H2,1-2H3,(H,13,14). The van der Waals surface area contributed by atoms with Crippen molar-refractivity contribution in [1.29, 1.82) is 0 Å². The van der Waals surface area contributed by atoms with Crippen molar-refractivity contribution >= 4 is 5.97 Å². The highest BCUT2D eigenvalue weighted by molar-refractivity contribution is 5.68. The van der Waals surface area contributed by atoms with Crippen molar-refractivity contribution < 1.29 is 9.90 Å². The van der Waals surface area contributed by atoms with Gasteiger partial charge >= 0.3 is 5.97 Å². The fourth-order valence-corrected chi connectivity index (χ4v) is 2.79. The van der Waals surface area contributed by atoms with Crippen molar-refractivity contribution in [2.24, 2.45) is 17.6 Å². The van der Waals surface area contributed by atoms with E-state index >= 15 is 0 Å². The van der Waals surface area contributed by atoms with Crippen LogP contribution in [0.2, 0.25) is 0 Å². The van der Waals surface area contributed by atoms with Gasteiger partial charge in [0.25, 0.3) is 0 Å². The van der Waals surface area contributed by atoms with Crippen molar-refractivity contribution in [3.05, 3.63) is 0 Å². The molecule has 0 radical (unpaired) electrons. The van der Waals surface area contributed by atoms with Crippen LogP contribution in [-0.2, 0) is 4.79 Å². The summed E-state index contributed by atoms with van der Waals surface area (Å²) in [5, 5.41) is 8.85. The van der Waals surface area contributed by atoms with E-state index < -0.39 is 11.5 Å². The van der Waals surface area contributed by atoms with E-state index in [1.807, 2.05) is 0 Å². The Morgan fingerprint density at radius 3 is 2.71 bits per heavy atom. The third kappa shape index (κ3) is 2.47. The molecule has 2 unspecified atom stereocenters. The predicted octanol–water partition coefficient (Wildman–Crippen LogP) is 2.00. The first kappa shape index (κ1) is 11.5. The Bertz CT molecular complexity index is 215. The van der Waals surface area contributed by atoms with Crippen LogP contribution in [0.5, 0.6) is 0 Å². The van der Waals surface area contributed by atoms with Gasteiger partial charge in [-0.25, -0.2) is 0 Å². The molecule has 3 heteroatoms. The summed E-state index contributed by atoms with van der Waals surface area (Å²) in [6, 6.07) is 0. The van der Waals surface area contributed by atoms with E-state index in [0.717, 1.165) is 19.3 Å². The number of nitrogens with two attached hydrogens (primary N) is 1. The fraction of sp³-hybridized carbons (Fsp3) is 0.909. The topological polar surface area (TPSA) is 63.3 Å². The third-order valence-electron chi connectivity index (χ3n) is 3.43. The fourth-order valence-electron chi connectivity index (χ4n) is 2.79. The number of carbonyl (C=O) groups is 1. The second kappa shape index (κ2) is 4.30. The number of aliphatic carboxylic acids is 1. The summed E-state index contributed by atoms with van der Waals surface area (Å²) < 4.78 is 0. The molecule has 0 amide bonds. The average Bonchev–Trinajstić information content (AvgIpc) is 2.01. The Morgan fingerprint density at radius 1 is 1.57 bits per heavy atom. The van der Waals surface area contributed by atoms with Gasteiger partial charge in [0, 0.05) is 5.54 Å². The zero-order valence-corrected chi connectivity index (χ0v) is 9.12. The van der Waals surface area contributed by atoms with E-state index in [-0.39, 0.29) is 6.42 Å². The van der Waals surface area contributed by atoms with Crippen LogP contribution in [-0.4, -0.2) is 16.6 Å². The Kier molecular flexibility index (Phi) is 3.53. The SMILES string of the molecule is CC(C)C1CCCCC1(N)CC(=O)O. The summed E-state index contributed by atoms with van der Waals surface area (Å²) in [6.07, 6.45) is 4.34. The smallest absolute Gasteiger partial charge is 0.305 e. The quantitative estimate of drug-likeness (QED) is 0.730. The molecule has 82 valence electrons. The maximum atomic E-state index is 10.8. The highest BCUT2D eigenvalue weighted by atomic mass is 16.4. The molecule has 0 saturated heterocycles. The van der Waals surface area contributed by atoms with Crippen molar-refractivity contribution in [3.63, 3.8) is 0 Å². The minimum absolute atomic E-state index is 0.121. The maximum absolute atomic E-state index is 10.8. The van der Waals surface area contributed by atoms with E-state index in [1.165, 1.54) is 6.42 Å². The van der Waals surface area contributed by atoms with Crippen molar-refractivity contribution in [1.82, 2.24) is 0 Å².